The predicted molar refractivity (Wildman–Crippen MR) is 136 cm³/mol. The highest BCUT2D eigenvalue weighted by Gasteiger charge is 2.29. The third-order valence-electron chi connectivity index (χ3n) is 6.54. The number of nitrogens with one attached hydrogen (secondary N) is 1. The summed E-state index contributed by atoms with van der Waals surface area (Å²) in [7, 11) is 0. The molecule has 2 aliphatic rings. The average Bonchev–Trinajstić information content (AvgIpc) is 3.41. The second-order valence-electron chi connectivity index (χ2n) is 8.79. The molecule has 182 valence electrons. The molecule has 0 bridgehead atoms. The number of ether oxygens (including phenoxy) is 2. The van der Waals surface area contributed by atoms with E-state index < -0.39 is 0 Å². The minimum absolute atomic E-state index is 0.104. The van der Waals surface area contributed by atoms with Crippen molar-refractivity contribution in [3.63, 3.8) is 0 Å². The fourth-order valence-corrected chi connectivity index (χ4v) is 4.70. The Kier molecular flexibility index (Phi) is 7.15. The normalized spacial score (nSPS) is 15.6. The first-order valence-electron chi connectivity index (χ1n) is 12.1. The Balaban J connectivity index is 1.21. The minimum Gasteiger partial charge on any atom is -0.454 e. The molecule has 0 spiro atoms. The van der Waals surface area contributed by atoms with Crippen LogP contribution in [0.2, 0.25) is 0 Å². The Morgan fingerprint density at radius 3 is 2.19 bits per heavy atom. The SMILES string of the molecule is N#C/C(=C/NCc1ccc2c(c1)OCO2)C(=O)N1CCN(C(c2ccccc2)c2ccccc2)CC1. The van der Waals surface area contributed by atoms with E-state index in [1.54, 1.807) is 4.90 Å². The second-order valence-corrected chi connectivity index (χ2v) is 8.79. The van der Waals surface area contributed by atoms with Gasteiger partial charge in [-0.25, -0.2) is 0 Å². The van der Waals surface area contributed by atoms with Crippen LogP contribution in [-0.4, -0.2) is 48.7 Å². The van der Waals surface area contributed by atoms with Crippen molar-refractivity contribution < 1.29 is 14.3 Å². The number of fused-ring (bicyclic) bond motifs is 1. The van der Waals surface area contributed by atoms with Crippen LogP contribution in [0, 0.1) is 11.3 Å². The fourth-order valence-electron chi connectivity index (χ4n) is 4.70. The first-order valence-corrected chi connectivity index (χ1v) is 12.1. The summed E-state index contributed by atoms with van der Waals surface area (Å²) in [4.78, 5) is 17.3. The largest absolute Gasteiger partial charge is 0.454 e. The number of amides is 1. The van der Waals surface area contributed by atoms with Gasteiger partial charge in [-0.1, -0.05) is 66.7 Å². The second kappa shape index (κ2) is 11.0. The summed E-state index contributed by atoms with van der Waals surface area (Å²) in [5.41, 5.74) is 3.54. The molecule has 0 aromatic heterocycles. The maximum atomic E-state index is 13.1. The van der Waals surface area contributed by atoms with Crippen LogP contribution < -0.4 is 14.8 Å². The zero-order valence-corrected chi connectivity index (χ0v) is 20.0. The van der Waals surface area contributed by atoms with Gasteiger partial charge in [0.15, 0.2) is 11.5 Å². The van der Waals surface area contributed by atoms with Crippen molar-refractivity contribution in [1.29, 1.82) is 5.26 Å². The van der Waals surface area contributed by atoms with Crippen LogP contribution in [0.1, 0.15) is 22.7 Å². The standard InChI is InChI=1S/C29H28N4O3/c30-18-25(20-31-19-22-11-12-26-27(17-22)36-21-35-26)29(34)33-15-13-32(14-16-33)28(23-7-3-1-4-8-23)24-9-5-2-6-10-24/h1-12,17,20,28,31H,13-16,19,21H2/b25-20-. The summed E-state index contributed by atoms with van der Waals surface area (Å²) in [6, 6.07) is 28.8. The van der Waals surface area contributed by atoms with Gasteiger partial charge in [0.05, 0.1) is 6.04 Å². The molecule has 3 aromatic carbocycles. The molecule has 3 aromatic rings. The lowest BCUT2D eigenvalue weighted by Crippen LogP contribution is -2.50. The lowest BCUT2D eigenvalue weighted by atomic mass is 9.96. The third-order valence-corrected chi connectivity index (χ3v) is 6.54. The monoisotopic (exact) mass is 480 g/mol. The number of hydrogen-bond donors (Lipinski definition) is 1. The summed E-state index contributed by atoms with van der Waals surface area (Å²) in [5, 5.41) is 12.7. The van der Waals surface area contributed by atoms with E-state index in [1.165, 1.54) is 17.3 Å². The molecule has 0 atom stereocenters. The van der Waals surface area contributed by atoms with Gasteiger partial charge in [0, 0.05) is 38.9 Å². The van der Waals surface area contributed by atoms with Gasteiger partial charge >= 0.3 is 0 Å². The molecule has 7 nitrogen and oxygen atoms in total. The van der Waals surface area contributed by atoms with Crippen LogP contribution in [0.15, 0.2) is 90.6 Å². The van der Waals surface area contributed by atoms with Crippen molar-refractivity contribution in [3.8, 4) is 17.6 Å². The molecule has 2 heterocycles. The molecule has 0 radical (unpaired) electrons. The zero-order chi connectivity index (χ0) is 24.7. The highest BCUT2D eigenvalue weighted by atomic mass is 16.7. The van der Waals surface area contributed by atoms with E-state index in [4.69, 9.17) is 9.47 Å². The van der Waals surface area contributed by atoms with Gasteiger partial charge < -0.3 is 19.7 Å². The van der Waals surface area contributed by atoms with Gasteiger partial charge in [-0.2, -0.15) is 5.26 Å². The minimum atomic E-state index is -0.244. The van der Waals surface area contributed by atoms with Crippen molar-refractivity contribution in [3.05, 3.63) is 107 Å². The lowest BCUT2D eigenvalue weighted by Gasteiger charge is -2.39. The van der Waals surface area contributed by atoms with Crippen molar-refractivity contribution in [2.24, 2.45) is 0 Å². The van der Waals surface area contributed by atoms with Crippen LogP contribution in [0.4, 0.5) is 0 Å². The van der Waals surface area contributed by atoms with E-state index in [1.807, 2.05) is 30.3 Å². The Bertz CT molecular complexity index is 1220. The van der Waals surface area contributed by atoms with Crippen molar-refractivity contribution in [2.75, 3.05) is 33.0 Å². The molecule has 1 N–H and O–H groups in total. The molecule has 7 heteroatoms. The average molecular weight is 481 g/mol. The molecular formula is C29H28N4O3. The number of hydrogen-bond acceptors (Lipinski definition) is 6. The summed E-state index contributed by atoms with van der Waals surface area (Å²) >= 11 is 0. The predicted octanol–water partition coefficient (Wildman–Crippen LogP) is 3.85. The van der Waals surface area contributed by atoms with Crippen LogP contribution in [-0.2, 0) is 11.3 Å². The highest BCUT2D eigenvalue weighted by Crippen LogP contribution is 2.32. The van der Waals surface area contributed by atoms with E-state index >= 15 is 0 Å². The number of nitriles is 1. The quantitative estimate of drug-likeness (QED) is 0.409. The number of carbonyl (C=O) groups excluding carboxylic acids is 1. The van der Waals surface area contributed by atoms with E-state index in [2.05, 4.69) is 64.8 Å². The first-order chi connectivity index (χ1) is 17.7. The summed E-state index contributed by atoms with van der Waals surface area (Å²) in [6.07, 6.45) is 1.51. The third kappa shape index (κ3) is 5.19. The van der Waals surface area contributed by atoms with Crippen molar-refractivity contribution in [2.45, 2.75) is 12.6 Å². The van der Waals surface area contributed by atoms with Gasteiger partial charge in [0.25, 0.3) is 5.91 Å². The maximum absolute atomic E-state index is 13.1. The first kappa shape index (κ1) is 23.5. The number of benzene rings is 3. The molecule has 0 unspecified atom stereocenters. The Morgan fingerprint density at radius 2 is 1.56 bits per heavy atom. The fraction of sp³-hybridized carbons (Fsp3) is 0.241. The summed E-state index contributed by atoms with van der Waals surface area (Å²) in [5.74, 6) is 1.19. The maximum Gasteiger partial charge on any atom is 0.266 e. The smallest absolute Gasteiger partial charge is 0.266 e. The van der Waals surface area contributed by atoms with Crippen LogP contribution in [0.5, 0.6) is 11.5 Å². The molecule has 1 amide bonds. The molecule has 1 fully saturated rings. The molecule has 0 aliphatic carbocycles. The number of carbonyl (C=O) groups is 1. The molecule has 2 aliphatic heterocycles. The van der Waals surface area contributed by atoms with Crippen LogP contribution >= 0.6 is 0 Å². The van der Waals surface area contributed by atoms with Crippen LogP contribution in [0.25, 0.3) is 0 Å². The topological polar surface area (TPSA) is 77.8 Å². The van der Waals surface area contributed by atoms with E-state index in [0.717, 1.165) is 24.4 Å². The van der Waals surface area contributed by atoms with Gasteiger partial charge in [-0.05, 0) is 28.8 Å². The molecule has 5 rings (SSSR count). The van der Waals surface area contributed by atoms with Crippen LogP contribution in [0.3, 0.4) is 0 Å². The molecular weight excluding hydrogens is 452 g/mol. The van der Waals surface area contributed by atoms with Gasteiger partial charge in [-0.15, -0.1) is 0 Å². The van der Waals surface area contributed by atoms with Gasteiger partial charge in [0.2, 0.25) is 6.79 Å². The Labute approximate surface area is 211 Å². The van der Waals surface area contributed by atoms with Crippen molar-refractivity contribution in [1.82, 2.24) is 15.1 Å². The van der Waals surface area contributed by atoms with E-state index in [-0.39, 0.29) is 24.3 Å². The van der Waals surface area contributed by atoms with E-state index in [9.17, 15) is 10.1 Å². The Hall–Kier alpha value is -4.28. The highest BCUT2D eigenvalue weighted by molar-refractivity contribution is 5.97. The number of rotatable bonds is 7. The van der Waals surface area contributed by atoms with Gasteiger partial charge in [0.1, 0.15) is 11.6 Å². The molecule has 1 saturated heterocycles. The number of nitrogens with zero attached hydrogens (tertiary/aromatic N) is 3. The zero-order valence-electron chi connectivity index (χ0n) is 20.0. The Morgan fingerprint density at radius 1 is 0.917 bits per heavy atom. The lowest BCUT2D eigenvalue weighted by molar-refractivity contribution is -0.128. The molecule has 0 saturated carbocycles. The summed E-state index contributed by atoms with van der Waals surface area (Å²) < 4.78 is 10.7. The molecule has 36 heavy (non-hydrogen) atoms. The van der Waals surface area contributed by atoms with Gasteiger partial charge in [-0.3, -0.25) is 9.69 Å². The number of piperazine rings is 1. The van der Waals surface area contributed by atoms with Crippen molar-refractivity contribution >= 4 is 5.91 Å². The van der Waals surface area contributed by atoms with E-state index in [0.29, 0.717) is 25.4 Å². The summed E-state index contributed by atoms with van der Waals surface area (Å²) in [6.45, 7) is 3.28.